The zero-order valence-corrected chi connectivity index (χ0v) is 9.22. The van der Waals surface area contributed by atoms with Crippen LogP contribution in [0.3, 0.4) is 0 Å². The van der Waals surface area contributed by atoms with Crippen molar-refractivity contribution in [2.45, 2.75) is 19.6 Å². The molecule has 6 nitrogen and oxygen atoms in total. The van der Waals surface area contributed by atoms with E-state index in [2.05, 4.69) is 4.98 Å². The Kier molecular flexibility index (Phi) is 4.81. The van der Waals surface area contributed by atoms with Gasteiger partial charge in [0.15, 0.2) is 6.29 Å². The normalized spacial score (nSPS) is 12.4. The van der Waals surface area contributed by atoms with E-state index in [-0.39, 0.29) is 6.61 Å². The highest BCUT2D eigenvalue weighted by Gasteiger charge is 2.08. The number of aliphatic hydroxyl groups is 1. The molecule has 1 atom stereocenters. The van der Waals surface area contributed by atoms with E-state index in [1.807, 2.05) is 0 Å². The third-order valence-electron chi connectivity index (χ3n) is 1.83. The van der Waals surface area contributed by atoms with Crippen LogP contribution in [0.4, 0.5) is 11.4 Å². The zero-order chi connectivity index (χ0) is 12.0. The van der Waals surface area contributed by atoms with E-state index in [9.17, 15) is 0 Å². The first-order chi connectivity index (χ1) is 7.63. The van der Waals surface area contributed by atoms with E-state index >= 15 is 0 Å². The fourth-order valence-electron chi connectivity index (χ4n) is 1.09. The Morgan fingerprint density at radius 1 is 1.50 bits per heavy atom. The van der Waals surface area contributed by atoms with Crippen LogP contribution in [0.25, 0.3) is 0 Å². The van der Waals surface area contributed by atoms with Gasteiger partial charge in [-0.3, -0.25) is 0 Å². The number of aliphatic hydroxyl groups excluding tert-OH is 1. The predicted octanol–water partition coefficient (Wildman–Crippen LogP) is 0.370. The van der Waals surface area contributed by atoms with Crippen molar-refractivity contribution in [2.75, 3.05) is 24.7 Å². The van der Waals surface area contributed by atoms with E-state index in [4.69, 9.17) is 26.0 Å². The first kappa shape index (κ1) is 12.5. The van der Waals surface area contributed by atoms with Gasteiger partial charge in [-0.05, 0) is 19.4 Å². The Hall–Kier alpha value is -1.53. The van der Waals surface area contributed by atoms with E-state index in [1.165, 1.54) is 6.20 Å². The molecule has 1 aromatic rings. The van der Waals surface area contributed by atoms with Crippen LogP contribution >= 0.6 is 0 Å². The van der Waals surface area contributed by atoms with E-state index in [0.717, 1.165) is 0 Å². The van der Waals surface area contributed by atoms with Gasteiger partial charge in [-0.25, -0.2) is 4.98 Å². The maximum atomic E-state index is 8.58. The van der Waals surface area contributed by atoms with Crippen LogP contribution in [0, 0.1) is 0 Å². The van der Waals surface area contributed by atoms with Crippen molar-refractivity contribution in [3.63, 3.8) is 0 Å². The Bertz CT molecular complexity index is 333. The molecule has 0 fully saturated rings. The summed E-state index contributed by atoms with van der Waals surface area (Å²) in [5, 5.41) is 8.58. The second-order valence-corrected chi connectivity index (χ2v) is 3.30. The Morgan fingerprint density at radius 2 is 2.25 bits per heavy atom. The number of aromatic nitrogens is 1. The third-order valence-corrected chi connectivity index (χ3v) is 1.83. The molecule has 1 aromatic heterocycles. The summed E-state index contributed by atoms with van der Waals surface area (Å²) in [7, 11) is 0. The molecule has 16 heavy (non-hydrogen) atoms. The monoisotopic (exact) mass is 227 g/mol. The summed E-state index contributed by atoms with van der Waals surface area (Å²) >= 11 is 0. The molecular formula is C10H17N3O3. The number of ether oxygens (including phenoxy) is 2. The molecule has 0 saturated heterocycles. The molecule has 0 saturated carbocycles. The number of nitrogen functional groups attached to an aromatic ring is 2. The average molecular weight is 227 g/mol. The first-order valence-electron chi connectivity index (χ1n) is 5.03. The van der Waals surface area contributed by atoms with Crippen molar-refractivity contribution >= 4 is 11.4 Å². The molecule has 0 amide bonds. The van der Waals surface area contributed by atoms with E-state index < -0.39 is 6.29 Å². The molecule has 0 bridgehead atoms. The summed E-state index contributed by atoms with van der Waals surface area (Å²) in [6.07, 6.45) is 1.56. The van der Waals surface area contributed by atoms with Crippen molar-refractivity contribution in [3.8, 4) is 5.88 Å². The number of rotatable bonds is 6. The molecule has 1 unspecified atom stereocenters. The van der Waals surface area contributed by atoms with Crippen LogP contribution < -0.4 is 16.2 Å². The minimum Gasteiger partial charge on any atom is -0.447 e. The predicted molar refractivity (Wildman–Crippen MR) is 60.8 cm³/mol. The number of hydrogen-bond acceptors (Lipinski definition) is 6. The molecule has 0 radical (unpaired) electrons. The molecule has 5 N–H and O–H groups in total. The van der Waals surface area contributed by atoms with Gasteiger partial charge in [-0.15, -0.1) is 0 Å². The lowest BCUT2D eigenvalue weighted by atomic mass is 10.4. The molecule has 90 valence electrons. The summed E-state index contributed by atoms with van der Waals surface area (Å²) in [5.74, 6) is 0.297. The summed E-state index contributed by atoms with van der Waals surface area (Å²) in [4.78, 5) is 3.94. The third kappa shape index (κ3) is 3.92. The van der Waals surface area contributed by atoms with E-state index in [1.54, 1.807) is 13.0 Å². The second-order valence-electron chi connectivity index (χ2n) is 3.30. The van der Waals surface area contributed by atoms with Gasteiger partial charge in [0.1, 0.15) is 0 Å². The largest absolute Gasteiger partial charge is 0.447 e. The topological polar surface area (TPSA) is 104 Å². The fraction of sp³-hybridized carbons (Fsp3) is 0.500. The van der Waals surface area contributed by atoms with Gasteiger partial charge in [0.25, 0.3) is 0 Å². The summed E-state index contributed by atoms with van der Waals surface area (Å²) < 4.78 is 10.6. The van der Waals surface area contributed by atoms with Gasteiger partial charge < -0.3 is 26.0 Å². The molecule has 0 aliphatic rings. The highest BCUT2D eigenvalue weighted by atomic mass is 16.7. The minimum absolute atomic E-state index is 0.0922. The average Bonchev–Trinajstić information content (AvgIpc) is 2.23. The van der Waals surface area contributed by atoms with Crippen LogP contribution in [-0.4, -0.2) is 29.6 Å². The van der Waals surface area contributed by atoms with Crippen molar-refractivity contribution in [1.82, 2.24) is 4.98 Å². The lowest BCUT2D eigenvalue weighted by Gasteiger charge is -2.15. The van der Waals surface area contributed by atoms with Crippen LogP contribution in [0.5, 0.6) is 5.88 Å². The molecule has 0 aliphatic carbocycles. The van der Waals surface area contributed by atoms with Gasteiger partial charge in [-0.2, -0.15) is 0 Å². The quantitative estimate of drug-likeness (QED) is 0.479. The van der Waals surface area contributed by atoms with Gasteiger partial charge >= 0.3 is 0 Å². The lowest BCUT2D eigenvalue weighted by Crippen LogP contribution is -2.18. The Balaban J connectivity index is 2.46. The Labute approximate surface area is 94.2 Å². The standard InChI is InChI=1S/C10H17N3O3/c1-7(15-4-2-3-14)16-10-9(12)5-8(11)6-13-10/h5-7,14H,2-4,11-12H2,1H3. The Morgan fingerprint density at radius 3 is 2.88 bits per heavy atom. The summed E-state index contributed by atoms with van der Waals surface area (Å²) in [6.45, 7) is 2.25. The molecule has 0 aromatic carbocycles. The van der Waals surface area contributed by atoms with Crippen molar-refractivity contribution < 1.29 is 14.6 Å². The van der Waals surface area contributed by atoms with Gasteiger partial charge in [0.2, 0.25) is 5.88 Å². The molecule has 0 aliphatic heterocycles. The van der Waals surface area contributed by atoms with Crippen molar-refractivity contribution in [1.29, 1.82) is 0 Å². The number of nitrogens with zero attached hydrogens (tertiary/aromatic N) is 1. The maximum Gasteiger partial charge on any atom is 0.239 e. The van der Waals surface area contributed by atoms with Crippen molar-refractivity contribution in [2.24, 2.45) is 0 Å². The van der Waals surface area contributed by atoms with Gasteiger partial charge in [0.05, 0.1) is 24.2 Å². The summed E-state index contributed by atoms with van der Waals surface area (Å²) in [6, 6.07) is 1.57. The zero-order valence-electron chi connectivity index (χ0n) is 9.22. The van der Waals surface area contributed by atoms with Crippen molar-refractivity contribution in [3.05, 3.63) is 12.3 Å². The molecule has 1 rings (SSSR count). The number of nitrogens with two attached hydrogens (primary N) is 2. The van der Waals surface area contributed by atoms with E-state index in [0.29, 0.717) is 30.3 Å². The first-order valence-corrected chi connectivity index (χ1v) is 5.03. The SMILES string of the molecule is CC(OCCCO)Oc1ncc(N)cc1N. The smallest absolute Gasteiger partial charge is 0.239 e. The van der Waals surface area contributed by atoms with Crippen LogP contribution in [0.2, 0.25) is 0 Å². The molecule has 0 spiro atoms. The van der Waals surface area contributed by atoms with Crippen LogP contribution in [-0.2, 0) is 4.74 Å². The van der Waals surface area contributed by atoms with Gasteiger partial charge in [0, 0.05) is 6.61 Å². The summed E-state index contributed by atoms with van der Waals surface area (Å²) in [5.41, 5.74) is 12.0. The molecular weight excluding hydrogens is 210 g/mol. The number of hydrogen-bond donors (Lipinski definition) is 3. The fourth-order valence-corrected chi connectivity index (χ4v) is 1.09. The lowest BCUT2D eigenvalue weighted by molar-refractivity contribution is -0.0713. The molecule has 1 heterocycles. The molecule has 6 heteroatoms. The van der Waals surface area contributed by atoms with Crippen LogP contribution in [0.1, 0.15) is 13.3 Å². The van der Waals surface area contributed by atoms with Gasteiger partial charge in [-0.1, -0.05) is 0 Å². The minimum atomic E-state index is -0.468. The highest BCUT2D eigenvalue weighted by molar-refractivity contribution is 5.55. The number of pyridine rings is 1. The van der Waals surface area contributed by atoms with Crippen LogP contribution in [0.15, 0.2) is 12.3 Å². The maximum absolute atomic E-state index is 8.58. The second kappa shape index (κ2) is 6.14. The highest BCUT2D eigenvalue weighted by Crippen LogP contribution is 2.21. The number of anilines is 2.